The van der Waals surface area contributed by atoms with Gasteiger partial charge in [0.1, 0.15) is 19.0 Å². The van der Waals surface area contributed by atoms with Gasteiger partial charge in [-0.1, -0.05) is 18.2 Å². The highest BCUT2D eigenvalue weighted by molar-refractivity contribution is 9.10. The maximum atomic E-state index is 13.9. The third-order valence-corrected chi connectivity index (χ3v) is 5.84. The molecule has 168 valence electrons. The predicted octanol–water partition coefficient (Wildman–Crippen LogP) is 4.78. The van der Waals surface area contributed by atoms with E-state index in [9.17, 15) is 18.8 Å². The molecule has 0 spiro atoms. The van der Waals surface area contributed by atoms with Crippen LogP contribution in [0.3, 0.4) is 0 Å². The van der Waals surface area contributed by atoms with E-state index in [0.717, 1.165) is 16.7 Å². The number of halogens is 2. The second kappa shape index (κ2) is 10.6. The van der Waals surface area contributed by atoms with E-state index in [2.05, 4.69) is 15.9 Å². The van der Waals surface area contributed by atoms with Gasteiger partial charge in [-0.15, -0.1) is 0 Å². The summed E-state index contributed by atoms with van der Waals surface area (Å²) in [5.41, 5.74) is 0.953. The van der Waals surface area contributed by atoms with Crippen LogP contribution in [0.2, 0.25) is 0 Å². The van der Waals surface area contributed by atoms with Crippen molar-refractivity contribution in [3.63, 3.8) is 0 Å². The van der Waals surface area contributed by atoms with Crippen LogP contribution >= 0.6 is 27.7 Å². The van der Waals surface area contributed by atoms with Crippen LogP contribution in [-0.4, -0.2) is 42.3 Å². The molecular weight excluding hydrogens is 505 g/mol. The zero-order valence-electron chi connectivity index (χ0n) is 17.2. The van der Waals surface area contributed by atoms with E-state index in [1.54, 1.807) is 37.3 Å². The van der Waals surface area contributed by atoms with Crippen molar-refractivity contribution < 1.29 is 33.0 Å². The third-order valence-electron chi connectivity index (χ3n) is 4.35. The molecule has 0 unspecified atom stereocenters. The number of esters is 1. The summed E-state index contributed by atoms with van der Waals surface area (Å²) in [6, 6.07) is 9.59. The van der Waals surface area contributed by atoms with Gasteiger partial charge < -0.3 is 14.2 Å². The first-order chi connectivity index (χ1) is 15.3. The Morgan fingerprint density at radius 2 is 2.00 bits per heavy atom. The number of nitrogens with zero attached hydrogens (tertiary/aromatic N) is 1. The summed E-state index contributed by atoms with van der Waals surface area (Å²) in [6.45, 7) is 1.35. The first kappa shape index (κ1) is 23.8. The lowest BCUT2D eigenvalue weighted by Crippen LogP contribution is -2.34. The molecule has 3 rings (SSSR count). The summed E-state index contributed by atoms with van der Waals surface area (Å²) >= 11 is 4.14. The van der Waals surface area contributed by atoms with Gasteiger partial charge in [-0.3, -0.25) is 19.3 Å². The third kappa shape index (κ3) is 5.49. The molecule has 1 saturated heterocycles. The number of rotatable bonds is 8. The molecule has 1 aliphatic rings. The molecule has 2 aromatic rings. The molecule has 7 nitrogen and oxygen atoms in total. The van der Waals surface area contributed by atoms with E-state index in [1.165, 1.54) is 19.3 Å². The molecule has 32 heavy (non-hydrogen) atoms. The van der Waals surface area contributed by atoms with E-state index in [0.29, 0.717) is 27.1 Å². The van der Waals surface area contributed by atoms with E-state index < -0.39 is 23.7 Å². The lowest BCUT2D eigenvalue weighted by Gasteiger charge is -2.14. The highest BCUT2D eigenvalue weighted by Gasteiger charge is 2.36. The highest BCUT2D eigenvalue weighted by Crippen LogP contribution is 2.39. The molecule has 0 bridgehead atoms. The Labute approximate surface area is 196 Å². The predicted molar refractivity (Wildman–Crippen MR) is 121 cm³/mol. The maximum Gasteiger partial charge on any atom is 0.326 e. The molecule has 0 aliphatic carbocycles. The largest absolute Gasteiger partial charge is 0.493 e. The van der Waals surface area contributed by atoms with Crippen LogP contribution in [0.4, 0.5) is 9.18 Å². The Hall–Kier alpha value is -2.85. The number of ether oxygens (including phenoxy) is 3. The van der Waals surface area contributed by atoms with Crippen LogP contribution in [-0.2, 0) is 20.9 Å². The normalized spacial score (nSPS) is 14.8. The molecule has 1 aliphatic heterocycles. The zero-order valence-corrected chi connectivity index (χ0v) is 19.6. The van der Waals surface area contributed by atoms with Crippen LogP contribution in [0.5, 0.6) is 11.5 Å². The minimum atomic E-state index is -0.656. The van der Waals surface area contributed by atoms with E-state index in [4.69, 9.17) is 14.2 Å². The Morgan fingerprint density at radius 1 is 1.25 bits per heavy atom. The average Bonchev–Trinajstić information content (AvgIpc) is 3.01. The van der Waals surface area contributed by atoms with Gasteiger partial charge >= 0.3 is 5.97 Å². The minimum absolute atomic E-state index is 0.00622. The summed E-state index contributed by atoms with van der Waals surface area (Å²) in [5, 5.41) is -0.551. The van der Waals surface area contributed by atoms with Crippen molar-refractivity contribution in [1.29, 1.82) is 0 Å². The van der Waals surface area contributed by atoms with Crippen molar-refractivity contribution in [1.82, 2.24) is 4.90 Å². The van der Waals surface area contributed by atoms with Gasteiger partial charge in [0.25, 0.3) is 11.1 Å². The van der Waals surface area contributed by atoms with Gasteiger partial charge in [0, 0.05) is 5.56 Å². The molecule has 0 atom stereocenters. The second-order valence-electron chi connectivity index (χ2n) is 6.49. The van der Waals surface area contributed by atoms with Crippen molar-refractivity contribution >= 4 is 50.9 Å². The molecule has 10 heteroatoms. The van der Waals surface area contributed by atoms with Gasteiger partial charge in [-0.25, -0.2) is 4.39 Å². The number of benzene rings is 2. The van der Waals surface area contributed by atoms with Crippen molar-refractivity contribution in [2.24, 2.45) is 0 Å². The minimum Gasteiger partial charge on any atom is -0.493 e. The van der Waals surface area contributed by atoms with Crippen LogP contribution < -0.4 is 9.47 Å². The first-order valence-electron chi connectivity index (χ1n) is 9.48. The molecule has 1 fully saturated rings. The van der Waals surface area contributed by atoms with Crippen LogP contribution in [0.1, 0.15) is 18.1 Å². The number of hydrogen-bond donors (Lipinski definition) is 0. The zero-order chi connectivity index (χ0) is 23.3. The molecule has 2 aromatic carbocycles. The highest BCUT2D eigenvalue weighted by atomic mass is 79.9. The Balaban J connectivity index is 1.80. The van der Waals surface area contributed by atoms with Gasteiger partial charge in [0.15, 0.2) is 11.5 Å². The fourth-order valence-electron chi connectivity index (χ4n) is 2.85. The average molecular weight is 524 g/mol. The number of amides is 2. The molecule has 0 N–H and O–H groups in total. The fourth-order valence-corrected chi connectivity index (χ4v) is 4.26. The number of imide groups is 1. The standard InChI is InChI=1S/C22H19BrFNO6S/c1-3-30-19(26)11-25-21(27)18(32-22(25)28)10-13-8-15(23)20(17(9-13)29-2)31-12-14-6-4-5-7-16(14)24/h4-10H,3,11-12H2,1-2H3/b18-10-. The second-order valence-corrected chi connectivity index (χ2v) is 8.33. The van der Waals surface area contributed by atoms with Gasteiger partial charge in [0.05, 0.1) is 23.1 Å². The van der Waals surface area contributed by atoms with Gasteiger partial charge in [-0.2, -0.15) is 0 Å². The Morgan fingerprint density at radius 3 is 2.69 bits per heavy atom. The number of methoxy groups -OCH3 is 1. The maximum absolute atomic E-state index is 13.9. The Bertz CT molecular complexity index is 1090. The van der Waals surface area contributed by atoms with Crippen LogP contribution in [0, 0.1) is 5.82 Å². The smallest absolute Gasteiger partial charge is 0.326 e. The SMILES string of the molecule is CCOC(=O)CN1C(=O)S/C(=C\c2cc(Br)c(OCc3ccccc3F)c(OC)c2)C1=O. The summed E-state index contributed by atoms with van der Waals surface area (Å²) in [5.74, 6) is -0.895. The molecule has 0 aromatic heterocycles. The summed E-state index contributed by atoms with van der Waals surface area (Å²) < 4.78 is 30.3. The fraction of sp³-hybridized carbons (Fsp3) is 0.227. The topological polar surface area (TPSA) is 82.1 Å². The number of hydrogen-bond acceptors (Lipinski definition) is 7. The number of thioether (sulfide) groups is 1. The van der Waals surface area contributed by atoms with Crippen LogP contribution in [0.15, 0.2) is 45.8 Å². The quantitative estimate of drug-likeness (QED) is 0.363. The van der Waals surface area contributed by atoms with E-state index in [1.807, 2.05) is 0 Å². The lowest BCUT2D eigenvalue weighted by molar-refractivity contribution is -0.145. The van der Waals surface area contributed by atoms with E-state index >= 15 is 0 Å². The van der Waals surface area contributed by atoms with Crippen LogP contribution in [0.25, 0.3) is 6.08 Å². The van der Waals surface area contributed by atoms with Crippen molar-refractivity contribution in [2.75, 3.05) is 20.3 Å². The molecule has 0 saturated carbocycles. The first-order valence-corrected chi connectivity index (χ1v) is 11.1. The molecule has 2 amide bonds. The van der Waals surface area contributed by atoms with E-state index in [-0.39, 0.29) is 23.9 Å². The summed E-state index contributed by atoms with van der Waals surface area (Å²) in [6.07, 6.45) is 1.52. The van der Waals surface area contributed by atoms with Crippen molar-refractivity contribution in [3.8, 4) is 11.5 Å². The van der Waals surface area contributed by atoms with Gasteiger partial charge in [0.2, 0.25) is 0 Å². The molecule has 1 heterocycles. The summed E-state index contributed by atoms with van der Waals surface area (Å²) in [7, 11) is 1.45. The lowest BCUT2D eigenvalue weighted by atomic mass is 10.1. The number of carbonyl (C=O) groups is 3. The Kier molecular flexibility index (Phi) is 7.92. The summed E-state index contributed by atoms with van der Waals surface area (Å²) in [4.78, 5) is 37.4. The number of carbonyl (C=O) groups excluding carboxylic acids is 3. The molecule has 0 radical (unpaired) electrons. The molecular formula is C22H19BrFNO6S. The van der Waals surface area contributed by atoms with Gasteiger partial charge in [-0.05, 0) is 64.5 Å². The monoisotopic (exact) mass is 523 g/mol. The van der Waals surface area contributed by atoms with Crippen molar-refractivity contribution in [3.05, 3.63) is 62.7 Å². The van der Waals surface area contributed by atoms with Crippen molar-refractivity contribution in [2.45, 2.75) is 13.5 Å².